The van der Waals surface area contributed by atoms with E-state index < -0.39 is 0 Å². The van der Waals surface area contributed by atoms with E-state index in [1.807, 2.05) is 12.4 Å². The fourth-order valence-electron chi connectivity index (χ4n) is 1.93. The van der Waals surface area contributed by atoms with Crippen LogP contribution in [0.25, 0.3) is 0 Å². The van der Waals surface area contributed by atoms with Gasteiger partial charge in [0.1, 0.15) is 0 Å². The predicted octanol–water partition coefficient (Wildman–Crippen LogP) is 0.782. The highest BCUT2D eigenvalue weighted by molar-refractivity contribution is 7.99. The van der Waals surface area contributed by atoms with E-state index in [0.717, 1.165) is 36.2 Å². The number of morpholine rings is 1. The van der Waals surface area contributed by atoms with Crippen LogP contribution in [0.3, 0.4) is 0 Å². The molecule has 1 N–H and O–H groups in total. The van der Waals surface area contributed by atoms with E-state index in [9.17, 15) is 5.11 Å². The van der Waals surface area contributed by atoms with Crippen LogP contribution in [0.2, 0.25) is 0 Å². The van der Waals surface area contributed by atoms with Crippen molar-refractivity contribution in [1.29, 1.82) is 0 Å². The summed E-state index contributed by atoms with van der Waals surface area (Å²) in [7, 11) is 0. The largest absolute Gasteiger partial charge is 0.395 e. The summed E-state index contributed by atoms with van der Waals surface area (Å²) in [5, 5.41) is 10.1. The Hall–Kier alpha value is -0.690. The van der Waals surface area contributed by atoms with Gasteiger partial charge in [-0.25, -0.2) is 9.97 Å². The van der Waals surface area contributed by atoms with Gasteiger partial charge in [-0.05, 0) is 5.75 Å². The highest BCUT2D eigenvalue weighted by atomic mass is 32.2. The summed E-state index contributed by atoms with van der Waals surface area (Å²) in [4.78, 5) is 10.8. The summed E-state index contributed by atoms with van der Waals surface area (Å²) < 4.78 is 5.36. The SMILES string of the molecule is CCSc1ncc(CN2CCOCC2CO)cn1. The molecule has 0 spiro atoms. The second-order valence-electron chi connectivity index (χ2n) is 4.19. The van der Waals surface area contributed by atoms with E-state index in [1.165, 1.54) is 0 Å². The summed E-state index contributed by atoms with van der Waals surface area (Å²) in [6, 6.07) is 0.0865. The number of thioether (sulfide) groups is 1. The van der Waals surface area contributed by atoms with Crippen LogP contribution in [-0.2, 0) is 11.3 Å². The summed E-state index contributed by atoms with van der Waals surface area (Å²) in [6.45, 7) is 5.15. The number of ether oxygens (including phenoxy) is 1. The van der Waals surface area contributed by atoms with Crippen molar-refractivity contribution in [2.24, 2.45) is 0 Å². The molecule has 1 aromatic heterocycles. The second kappa shape index (κ2) is 7.04. The van der Waals surface area contributed by atoms with E-state index in [2.05, 4.69) is 21.8 Å². The van der Waals surface area contributed by atoms with Crippen LogP contribution in [0.4, 0.5) is 0 Å². The zero-order valence-corrected chi connectivity index (χ0v) is 11.4. The van der Waals surface area contributed by atoms with E-state index in [-0.39, 0.29) is 12.6 Å². The Morgan fingerprint density at radius 3 is 2.94 bits per heavy atom. The topological polar surface area (TPSA) is 58.5 Å². The molecule has 1 atom stereocenters. The number of hydrogen-bond acceptors (Lipinski definition) is 6. The Labute approximate surface area is 112 Å². The molecule has 2 heterocycles. The van der Waals surface area contributed by atoms with Crippen LogP contribution < -0.4 is 0 Å². The quantitative estimate of drug-likeness (QED) is 0.630. The Morgan fingerprint density at radius 2 is 2.28 bits per heavy atom. The predicted molar refractivity (Wildman–Crippen MR) is 70.5 cm³/mol. The molecule has 0 amide bonds. The molecule has 100 valence electrons. The number of aliphatic hydroxyl groups excluding tert-OH is 1. The van der Waals surface area contributed by atoms with Crippen LogP contribution in [0.1, 0.15) is 12.5 Å². The van der Waals surface area contributed by atoms with E-state index in [1.54, 1.807) is 11.8 Å². The van der Waals surface area contributed by atoms with Gasteiger partial charge in [0.25, 0.3) is 0 Å². The molecule has 6 heteroatoms. The molecule has 18 heavy (non-hydrogen) atoms. The molecule has 1 fully saturated rings. The molecule has 5 nitrogen and oxygen atoms in total. The second-order valence-corrected chi connectivity index (χ2v) is 5.42. The van der Waals surface area contributed by atoms with Gasteiger partial charge in [0, 0.05) is 31.0 Å². The Bertz CT molecular complexity index is 361. The molecular formula is C12H19N3O2S. The monoisotopic (exact) mass is 269 g/mol. The molecule has 1 saturated heterocycles. The van der Waals surface area contributed by atoms with Gasteiger partial charge in [0.2, 0.25) is 0 Å². The Morgan fingerprint density at radius 1 is 1.50 bits per heavy atom. The third-order valence-electron chi connectivity index (χ3n) is 2.90. The van der Waals surface area contributed by atoms with Crippen LogP contribution in [0.15, 0.2) is 17.6 Å². The lowest BCUT2D eigenvalue weighted by Crippen LogP contribution is -2.46. The number of aliphatic hydroxyl groups is 1. The molecule has 2 rings (SSSR count). The van der Waals surface area contributed by atoms with Crippen molar-refractivity contribution in [3.63, 3.8) is 0 Å². The van der Waals surface area contributed by atoms with Gasteiger partial charge in [0.15, 0.2) is 5.16 Å². The average Bonchev–Trinajstić information content (AvgIpc) is 2.42. The number of nitrogens with zero attached hydrogens (tertiary/aromatic N) is 3. The number of rotatable bonds is 5. The average molecular weight is 269 g/mol. The molecule has 1 aromatic rings. The Kier molecular flexibility index (Phi) is 5.37. The third kappa shape index (κ3) is 3.65. The smallest absolute Gasteiger partial charge is 0.187 e. The molecule has 0 saturated carbocycles. The van der Waals surface area contributed by atoms with E-state index in [0.29, 0.717) is 6.61 Å². The molecule has 1 aliphatic rings. The first-order valence-electron chi connectivity index (χ1n) is 6.20. The third-order valence-corrected chi connectivity index (χ3v) is 3.66. The van der Waals surface area contributed by atoms with Crippen molar-refractivity contribution in [2.75, 3.05) is 32.1 Å². The van der Waals surface area contributed by atoms with Crippen LogP contribution in [-0.4, -0.2) is 58.1 Å². The van der Waals surface area contributed by atoms with Gasteiger partial charge in [-0.15, -0.1) is 0 Å². The molecule has 0 radical (unpaired) electrons. The maximum Gasteiger partial charge on any atom is 0.187 e. The first-order chi connectivity index (χ1) is 8.83. The van der Waals surface area contributed by atoms with Crippen molar-refractivity contribution in [2.45, 2.75) is 24.7 Å². The minimum atomic E-state index is 0.0865. The normalized spacial score (nSPS) is 21.1. The van der Waals surface area contributed by atoms with Crippen molar-refractivity contribution in [1.82, 2.24) is 14.9 Å². The maximum absolute atomic E-state index is 9.30. The summed E-state index contributed by atoms with van der Waals surface area (Å²) in [5.41, 5.74) is 1.08. The minimum absolute atomic E-state index is 0.0865. The van der Waals surface area contributed by atoms with Crippen molar-refractivity contribution >= 4 is 11.8 Å². The molecule has 0 bridgehead atoms. The van der Waals surface area contributed by atoms with Crippen LogP contribution in [0, 0.1) is 0 Å². The lowest BCUT2D eigenvalue weighted by atomic mass is 10.2. The zero-order chi connectivity index (χ0) is 12.8. The zero-order valence-electron chi connectivity index (χ0n) is 10.6. The fourth-order valence-corrected chi connectivity index (χ4v) is 2.44. The van der Waals surface area contributed by atoms with Crippen molar-refractivity contribution < 1.29 is 9.84 Å². The molecular weight excluding hydrogens is 250 g/mol. The van der Waals surface area contributed by atoms with Gasteiger partial charge >= 0.3 is 0 Å². The number of aromatic nitrogens is 2. The van der Waals surface area contributed by atoms with Gasteiger partial charge in [0.05, 0.1) is 25.9 Å². The highest BCUT2D eigenvalue weighted by Crippen LogP contribution is 2.14. The van der Waals surface area contributed by atoms with Crippen molar-refractivity contribution in [3.8, 4) is 0 Å². The first-order valence-corrected chi connectivity index (χ1v) is 7.18. The minimum Gasteiger partial charge on any atom is -0.395 e. The Balaban J connectivity index is 1.95. The lowest BCUT2D eigenvalue weighted by molar-refractivity contribution is -0.0313. The fraction of sp³-hybridized carbons (Fsp3) is 0.667. The maximum atomic E-state index is 9.30. The van der Waals surface area contributed by atoms with Gasteiger partial charge in [-0.3, -0.25) is 4.90 Å². The summed E-state index contributed by atoms with van der Waals surface area (Å²) >= 11 is 1.64. The van der Waals surface area contributed by atoms with Crippen molar-refractivity contribution in [3.05, 3.63) is 18.0 Å². The van der Waals surface area contributed by atoms with Gasteiger partial charge in [-0.1, -0.05) is 18.7 Å². The summed E-state index contributed by atoms with van der Waals surface area (Å²) in [6.07, 6.45) is 3.74. The molecule has 1 aliphatic heterocycles. The van der Waals surface area contributed by atoms with Crippen LogP contribution >= 0.6 is 11.8 Å². The highest BCUT2D eigenvalue weighted by Gasteiger charge is 2.22. The lowest BCUT2D eigenvalue weighted by Gasteiger charge is -2.34. The van der Waals surface area contributed by atoms with Crippen LogP contribution in [0.5, 0.6) is 0 Å². The first kappa shape index (κ1) is 13.7. The molecule has 0 aliphatic carbocycles. The van der Waals surface area contributed by atoms with E-state index in [4.69, 9.17) is 4.74 Å². The summed E-state index contributed by atoms with van der Waals surface area (Å²) in [5.74, 6) is 0.982. The van der Waals surface area contributed by atoms with Gasteiger partial charge < -0.3 is 9.84 Å². The standard InChI is InChI=1S/C12H19N3O2S/c1-2-18-12-13-5-10(6-14-12)7-15-3-4-17-9-11(15)8-16/h5-6,11,16H,2-4,7-9H2,1H3. The number of hydrogen-bond donors (Lipinski definition) is 1. The molecule has 1 unspecified atom stereocenters. The van der Waals surface area contributed by atoms with Gasteiger partial charge in [-0.2, -0.15) is 0 Å². The van der Waals surface area contributed by atoms with E-state index >= 15 is 0 Å². The molecule has 0 aromatic carbocycles.